The van der Waals surface area contributed by atoms with E-state index in [1.807, 2.05) is 11.3 Å². The predicted molar refractivity (Wildman–Crippen MR) is 94.9 cm³/mol. The van der Waals surface area contributed by atoms with Crippen molar-refractivity contribution in [1.82, 2.24) is 10.2 Å². The lowest BCUT2D eigenvalue weighted by atomic mass is 9.73. The summed E-state index contributed by atoms with van der Waals surface area (Å²) in [6, 6.07) is 3.10. The maximum Gasteiger partial charge on any atom is 0.0325 e. The Morgan fingerprint density at radius 1 is 1.33 bits per heavy atom. The summed E-state index contributed by atoms with van der Waals surface area (Å²) < 4.78 is 1.22. The quantitative estimate of drug-likeness (QED) is 0.751. The van der Waals surface area contributed by atoms with Crippen molar-refractivity contribution in [2.24, 2.45) is 5.41 Å². The molecule has 0 unspecified atom stereocenters. The van der Waals surface area contributed by atoms with Gasteiger partial charge in [0.2, 0.25) is 0 Å². The van der Waals surface area contributed by atoms with Crippen LogP contribution < -0.4 is 5.32 Å². The molecule has 0 saturated heterocycles. The van der Waals surface area contributed by atoms with Gasteiger partial charge in [0, 0.05) is 40.4 Å². The van der Waals surface area contributed by atoms with E-state index in [0.29, 0.717) is 5.41 Å². The molecule has 2 aliphatic carbocycles. The topological polar surface area (TPSA) is 15.3 Å². The minimum absolute atomic E-state index is 0.518. The molecule has 0 radical (unpaired) electrons. The molecular weight excluding hydrogens is 344 g/mol. The van der Waals surface area contributed by atoms with Gasteiger partial charge >= 0.3 is 0 Å². The summed E-state index contributed by atoms with van der Waals surface area (Å²) in [6.45, 7) is 3.56. The van der Waals surface area contributed by atoms with Gasteiger partial charge in [0.15, 0.2) is 0 Å². The molecule has 1 N–H and O–H groups in total. The van der Waals surface area contributed by atoms with Crippen LogP contribution in [-0.2, 0) is 6.54 Å². The summed E-state index contributed by atoms with van der Waals surface area (Å²) in [5.74, 6) is 0. The fourth-order valence-corrected chi connectivity index (χ4v) is 5.20. The molecular formula is C17H27BrN2S. The lowest BCUT2D eigenvalue weighted by Crippen LogP contribution is -2.44. The van der Waals surface area contributed by atoms with E-state index in [1.165, 1.54) is 67.4 Å². The Labute approximate surface area is 141 Å². The van der Waals surface area contributed by atoms with Gasteiger partial charge in [0.05, 0.1) is 0 Å². The van der Waals surface area contributed by atoms with E-state index in [2.05, 4.69) is 44.6 Å². The highest BCUT2D eigenvalue weighted by Gasteiger charge is 2.35. The Bertz CT molecular complexity index is 449. The Kier molecular flexibility index (Phi) is 5.41. The van der Waals surface area contributed by atoms with Crippen LogP contribution in [0.4, 0.5) is 0 Å². The van der Waals surface area contributed by atoms with E-state index in [4.69, 9.17) is 0 Å². The number of halogens is 1. The molecule has 4 heteroatoms. The minimum Gasteiger partial charge on any atom is -0.313 e. The average Bonchev–Trinajstić information content (AvgIpc) is 3.21. The predicted octanol–water partition coefficient (Wildman–Crippen LogP) is 4.64. The van der Waals surface area contributed by atoms with Crippen molar-refractivity contribution in [3.8, 4) is 0 Å². The van der Waals surface area contributed by atoms with Crippen LogP contribution in [0.25, 0.3) is 0 Å². The molecule has 0 atom stereocenters. The lowest BCUT2D eigenvalue weighted by molar-refractivity contribution is 0.114. The molecule has 0 bridgehead atoms. The van der Waals surface area contributed by atoms with Gasteiger partial charge in [0.25, 0.3) is 0 Å². The van der Waals surface area contributed by atoms with Crippen molar-refractivity contribution < 1.29 is 0 Å². The second-order valence-corrected chi connectivity index (χ2v) is 9.03. The molecule has 3 rings (SSSR count). The van der Waals surface area contributed by atoms with E-state index < -0.39 is 0 Å². The minimum atomic E-state index is 0.518. The molecule has 0 spiro atoms. The normalized spacial score (nSPS) is 21.9. The van der Waals surface area contributed by atoms with Gasteiger partial charge < -0.3 is 10.2 Å². The number of thiophene rings is 1. The van der Waals surface area contributed by atoms with Crippen LogP contribution in [0.2, 0.25) is 0 Å². The summed E-state index contributed by atoms with van der Waals surface area (Å²) in [7, 11) is 2.29. The standard InChI is InChI=1S/C17H27BrN2S/c1-20(10-16-9-14(18)11-21-16)13-17(7-3-2-4-8-17)12-19-15-5-6-15/h9,11,15,19H,2-8,10,12-13H2,1H3. The highest BCUT2D eigenvalue weighted by molar-refractivity contribution is 9.10. The number of hydrogen-bond donors (Lipinski definition) is 1. The van der Waals surface area contributed by atoms with Crippen LogP contribution in [0.5, 0.6) is 0 Å². The zero-order valence-corrected chi connectivity index (χ0v) is 15.4. The third-order valence-electron chi connectivity index (χ3n) is 4.91. The molecule has 0 aromatic carbocycles. The fraction of sp³-hybridized carbons (Fsp3) is 0.765. The summed E-state index contributed by atoms with van der Waals surface area (Å²) >= 11 is 5.42. The molecule has 2 aliphatic rings. The van der Waals surface area contributed by atoms with Crippen LogP contribution in [0.3, 0.4) is 0 Å². The second kappa shape index (κ2) is 7.12. The number of rotatable bonds is 7. The van der Waals surface area contributed by atoms with E-state index in [-0.39, 0.29) is 0 Å². The third kappa shape index (κ3) is 4.78. The molecule has 1 aromatic heterocycles. The van der Waals surface area contributed by atoms with Crippen molar-refractivity contribution in [2.45, 2.75) is 57.5 Å². The Morgan fingerprint density at radius 2 is 2.10 bits per heavy atom. The van der Waals surface area contributed by atoms with Crippen molar-refractivity contribution >= 4 is 27.3 Å². The first-order valence-electron chi connectivity index (χ1n) is 8.30. The summed E-state index contributed by atoms with van der Waals surface area (Å²) in [6.07, 6.45) is 9.89. The highest BCUT2D eigenvalue weighted by atomic mass is 79.9. The smallest absolute Gasteiger partial charge is 0.0325 e. The van der Waals surface area contributed by atoms with E-state index >= 15 is 0 Å². The van der Waals surface area contributed by atoms with Crippen LogP contribution in [-0.4, -0.2) is 31.1 Å². The highest BCUT2D eigenvalue weighted by Crippen LogP contribution is 2.37. The summed E-state index contributed by atoms with van der Waals surface area (Å²) in [5, 5.41) is 6.00. The second-order valence-electron chi connectivity index (χ2n) is 7.12. The first-order chi connectivity index (χ1) is 10.2. The molecule has 1 aromatic rings. The molecule has 1 heterocycles. The number of hydrogen-bond acceptors (Lipinski definition) is 3. The Balaban J connectivity index is 1.56. The average molecular weight is 371 g/mol. The van der Waals surface area contributed by atoms with Crippen LogP contribution in [0.1, 0.15) is 49.8 Å². The zero-order chi connectivity index (χ0) is 14.7. The SMILES string of the molecule is CN(Cc1cc(Br)cs1)CC1(CNC2CC2)CCCCC1. The molecule has 118 valence electrons. The van der Waals surface area contributed by atoms with Gasteiger partial charge in [-0.05, 0) is 60.1 Å². The van der Waals surface area contributed by atoms with Crippen molar-refractivity contribution in [3.63, 3.8) is 0 Å². The number of nitrogens with zero attached hydrogens (tertiary/aromatic N) is 1. The van der Waals surface area contributed by atoms with Gasteiger partial charge in [0.1, 0.15) is 0 Å². The molecule has 2 fully saturated rings. The Morgan fingerprint density at radius 3 is 2.71 bits per heavy atom. The largest absolute Gasteiger partial charge is 0.313 e. The van der Waals surface area contributed by atoms with Crippen LogP contribution in [0, 0.1) is 5.41 Å². The van der Waals surface area contributed by atoms with Crippen molar-refractivity contribution in [3.05, 3.63) is 20.8 Å². The molecule has 0 aliphatic heterocycles. The van der Waals surface area contributed by atoms with Crippen LogP contribution in [0.15, 0.2) is 15.9 Å². The van der Waals surface area contributed by atoms with Gasteiger partial charge in [-0.3, -0.25) is 0 Å². The molecule has 2 nitrogen and oxygen atoms in total. The van der Waals surface area contributed by atoms with Gasteiger partial charge in [-0.1, -0.05) is 19.3 Å². The first kappa shape index (κ1) is 16.0. The van der Waals surface area contributed by atoms with Gasteiger partial charge in [-0.15, -0.1) is 11.3 Å². The monoisotopic (exact) mass is 370 g/mol. The van der Waals surface area contributed by atoms with Gasteiger partial charge in [-0.25, -0.2) is 0 Å². The van der Waals surface area contributed by atoms with E-state index in [0.717, 1.165) is 12.6 Å². The fourth-order valence-electron chi connectivity index (χ4n) is 3.67. The van der Waals surface area contributed by atoms with E-state index in [1.54, 1.807) is 0 Å². The van der Waals surface area contributed by atoms with Crippen molar-refractivity contribution in [1.29, 1.82) is 0 Å². The zero-order valence-electron chi connectivity index (χ0n) is 13.0. The molecule has 2 saturated carbocycles. The summed E-state index contributed by atoms with van der Waals surface area (Å²) in [5.41, 5.74) is 0.518. The van der Waals surface area contributed by atoms with Crippen molar-refractivity contribution in [2.75, 3.05) is 20.1 Å². The lowest BCUT2D eigenvalue weighted by Gasteiger charge is -2.40. The molecule has 21 heavy (non-hydrogen) atoms. The van der Waals surface area contributed by atoms with E-state index in [9.17, 15) is 0 Å². The first-order valence-corrected chi connectivity index (χ1v) is 9.97. The maximum absolute atomic E-state index is 3.81. The number of nitrogens with one attached hydrogen (secondary N) is 1. The maximum atomic E-state index is 3.81. The third-order valence-corrected chi connectivity index (χ3v) is 6.59. The Hall–Kier alpha value is 0.1000. The molecule has 0 amide bonds. The summed E-state index contributed by atoms with van der Waals surface area (Å²) in [4.78, 5) is 4.00. The van der Waals surface area contributed by atoms with Gasteiger partial charge in [-0.2, -0.15) is 0 Å². The van der Waals surface area contributed by atoms with Crippen LogP contribution >= 0.6 is 27.3 Å².